The van der Waals surface area contributed by atoms with E-state index >= 15 is 0 Å². The van der Waals surface area contributed by atoms with Gasteiger partial charge in [0.15, 0.2) is 0 Å². The summed E-state index contributed by atoms with van der Waals surface area (Å²) in [7, 11) is -4.08. The van der Waals surface area contributed by atoms with Gasteiger partial charge in [-0.05, 0) is 68.5 Å². The summed E-state index contributed by atoms with van der Waals surface area (Å²) in [5.74, 6) is -1.40. The number of aromatic carboxylic acids is 1. The van der Waals surface area contributed by atoms with E-state index in [4.69, 9.17) is 4.74 Å². The maximum atomic E-state index is 14.0. The lowest BCUT2D eigenvalue weighted by molar-refractivity contribution is -0.121. The highest BCUT2D eigenvalue weighted by molar-refractivity contribution is 7.89. The SMILES string of the molecule is CC1CN(c2ccc(S(=O)(=O)N3CC(=O)N(c4cc(-c5ccc(F)cc5)sc4C(=O)O)C(C4CCCCC4)C3)cn2)CC(C)O1. The van der Waals surface area contributed by atoms with Gasteiger partial charge in [-0.15, -0.1) is 11.3 Å². The summed E-state index contributed by atoms with van der Waals surface area (Å²) in [5, 5.41) is 10.1. The Bertz CT molecular complexity index is 1650. The monoisotopic (exact) mass is 656 g/mol. The Morgan fingerprint density at radius 3 is 2.33 bits per heavy atom. The van der Waals surface area contributed by atoms with E-state index in [0.717, 1.165) is 43.4 Å². The molecular weight excluding hydrogens is 620 g/mol. The van der Waals surface area contributed by atoms with E-state index in [1.54, 1.807) is 24.3 Å². The Balaban J connectivity index is 1.31. The van der Waals surface area contributed by atoms with E-state index in [2.05, 4.69) is 9.88 Å². The minimum atomic E-state index is -4.08. The molecule has 1 amide bonds. The Labute approximate surface area is 266 Å². The first-order valence-electron chi connectivity index (χ1n) is 15.3. The lowest BCUT2D eigenvalue weighted by atomic mass is 9.82. The van der Waals surface area contributed by atoms with Crippen LogP contribution >= 0.6 is 11.3 Å². The van der Waals surface area contributed by atoms with Gasteiger partial charge in [-0.25, -0.2) is 22.6 Å². The van der Waals surface area contributed by atoms with Crippen molar-refractivity contribution >= 4 is 44.7 Å². The maximum Gasteiger partial charge on any atom is 0.348 e. The third-order valence-corrected chi connectivity index (χ3v) is 11.9. The van der Waals surface area contributed by atoms with Crippen LogP contribution in [0.2, 0.25) is 0 Å². The molecule has 45 heavy (non-hydrogen) atoms. The minimum absolute atomic E-state index is 0.00215. The molecule has 2 saturated heterocycles. The molecule has 3 unspecified atom stereocenters. The second kappa shape index (κ2) is 12.8. The second-order valence-corrected chi connectivity index (χ2v) is 15.2. The number of nitrogens with zero attached hydrogens (tertiary/aromatic N) is 4. The zero-order valence-electron chi connectivity index (χ0n) is 25.3. The predicted molar refractivity (Wildman–Crippen MR) is 170 cm³/mol. The zero-order valence-corrected chi connectivity index (χ0v) is 26.9. The van der Waals surface area contributed by atoms with Crippen LogP contribution in [0.1, 0.15) is 55.6 Å². The van der Waals surface area contributed by atoms with E-state index in [0.29, 0.717) is 29.3 Å². The van der Waals surface area contributed by atoms with Crippen LogP contribution < -0.4 is 9.80 Å². The molecule has 13 heteroatoms. The molecule has 240 valence electrons. The molecule has 0 radical (unpaired) electrons. The van der Waals surface area contributed by atoms with Crippen molar-refractivity contribution < 1.29 is 32.2 Å². The van der Waals surface area contributed by atoms with Crippen LogP contribution in [0.3, 0.4) is 0 Å². The molecule has 10 nitrogen and oxygen atoms in total. The number of carbonyl (C=O) groups is 2. The molecule has 1 N–H and O–H groups in total. The predicted octanol–water partition coefficient (Wildman–Crippen LogP) is 5.25. The quantitative estimate of drug-likeness (QED) is 0.367. The molecule has 2 aromatic heterocycles. The second-order valence-electron chi connectivity index (χ2n) is 12.2. The molecule has 4 heterocycles. The number of carboxylic acids is 1. The largest absolute Gasteiger partial charge is 0.477 e. The van der Waals surface area contributed by atoms with E-state index in [9.17, 15) is 27.5 Å². The number of amides is 1. The first-order valence-corrected chi connectivity index (χ1v) is 17.6. The fourth-order valence-electron chi connectivity index (χ4n) is 6.84. The number of morpholine rings is 1. The Morgan fingerprint density at radius 2 is 1.71 bits per heavy atom. The van der Waals surface area contributed by atoms with Crippen molar-refractivity contribution in [1.29, 1.82) is 0 Å². The normalized spacial score (nSPS) is 23.8. The number of carbonyl (C=O) groups excluding carboxylic acids is 1. The number of benzene rings is 1. The van der Waals surface area contributed by atoms with Crippen LogP contribution in [0.4, 0.5) is 15.9 Å². The summed E-state index contributed by atoms with van der Waals surface area (Å²) in [6.45, 7) is 4.88. The van der Waals surface area contributed by atoms with Gasteiger partial charge >= 0.3 is 5.97 Å². The highest BCUT2D eigenvalue weighted by Gasteiger charge is 2.44. The summed E-state index contributed by atoms with van der Waals surface area (Å²) in [6, 6.07) is 10.1. The Morgan fingerprint density at radius 1 is 1.02 bits per heavy atom. The van der Waals surface area contributed by atoms with Gasteiger partial charge in [-0.3, -0.25) is 4.79 Å². The molecular formula is C32H37FN4O6S2. The molecule has 1 aliphatic carbocycles. The lowest BCUT2D eigenvalue weighted by Gasteiger charge is -2.44. The number of hydrogen-bond acceptors (Lipinski definition) is 8. The highest BCUT2D eigenvalue weighted by Crippen LogP contribution is 2.42. The number of halogens is 1. The van der Waals surface area contributed by atoms with Gasteiger partial charge in [-0.1, -0.05) is 31.4 Å². The molecule has 6 rings (SSSR count). The molecule has 2 aliphatic heterocycles. The standard InChI is InChI=1S/C32H37FN4O6S2/c1-20-16-35(17-21(2)43-20)29-13-12-25(15-34-29)45(41,42)36-18-27(22-6-4-3-5-7-22)37(30(38)19-36)26-14-28(44-31(26)32(39)40)23-8-10-24(33)11-9-23/h8-15,20-22,27H,3-7,16-19H2,1-2H3,(H,39,40). The van der Waals surface area contributed by atoms with Gasteiger partial charge in [0.05, 0.1) is 30.5 Å². The van der Waals surface area contributed by atoms with Crippen LogP contribution in [-0.4, -0.2) is 79.1 Å². The highest BCUT2D eigenvalue weighted by atomic mass is 32.2. The van der Waals surface area contributed by atoms with Crippen LogP contribution in [0.5, 0.6) is 0 Å². The lowest BCUT2D eigenvalue weighted by Crippen LogP contribution is -2.60. The Kier molecular flexibility index (Phi) is 8.97. The van der Waals surface area contributed by atoms with Gasteiger partial charge in [0.2, 0.25) is 15.9 Å². The van der Waals surface area contributed by atoms with E-state index in [1.165, 1.54) is 33.6 Å². The number of rotatable bonds is 7. The van der Waals surface area contributed by atoms with Gasteiger partial charge in [0.25, 0.3) is 0 Å². The smallest absolute Gasteiger partial charge is 0.348 e. The average Bonchev–Trinajstić information content (AvgIpc) is 3.46. The molecule has 3 aromatic rings. The van der Waals surface area contributed by atoms with Crippen molar-refractivity contribution in [2.75, 3.05) is 36.0 Å². The summed E-state index contributed by atoms with van der Waals surface area (Å²) in [5.41, 5.74) is 0.888. The molecule has 1 aromatic carbocycles. The van der Waals surface area contributed by atoms with Crippen molar-refractivity contribution in [3.05, 3.63) is 59.4 Å². The number of carboxylic acid groups (broad SMARTS) is 1. The third-order valence-electron chi connectivity index (χ3n) is 8.89. The van der Waals surface area contributed by atoms with Crippen LogP contribution in [0.15, 0.2) is 53.6 Å². The third kappa shape index (κ3) is 6.49. The van der Waals surface area contributed by atoms with Gasteiger partial charge < -0.3 is 19.6 Å². The topological polar surface area (TPSA) is 120 Å². The minimum Gasteiger partial charge on any atom is -0.477 e. The van der Waals surface area contributed by atoms with Crippen LogP contribution in [0.25, 0.3) is 10.4 Å². The number of thiophene rings is 1. The van der Waals surface area contributed by atoms with E-state index in [1.807, 2.05) is 13.8 Å². The zero-order chi connectivity index (χ0) is 31.9. The Hall–Kier alpha value is -3.39. The molecule has 0 bridgehead atoms. The van der Waals surface area contributed by atoms with Crippen molar-refractivity contribution in [2.24, 2.45) is 5.92 Å². The van der Waals surface area contributed by atoms with E-state index in [-0.39, 0.29) is 40.1 Å². The summed E-state index contributed by atoms with van der Waals surface area (Å²) in [6.07, 6.45) is 5.99. The van der Waals surface area contributed by atoms with Crippen molar-refractivity contribution in [2.45, 2.75) is 69.1 Å². The van der Waals surface area contributed by atoms with Crippen molar-refractivity contribution in [1.82, 2.24) is 9.29 Å². The molecule has 1 saturated carbocycles. The van der Waals surface area contributed by atoms with Gasteiger partial charge in [0.1, 0.15) is 21.4 Å². The summed E-state index contributed by atoms with van der Waals surface area (Å²) in [4.78, 5) is 35.0. The van der Waals surface area contributed by atoms with Crippen LogP contribution in [0, 0.1) is 11.7 Å². The van der Waals surface area contributed by atoms with E-state index < -0.39 is 40.3 Å². The van der Waals surface area contributed by atoms with Gasteiger partial charge in [0, 0.05) is 30.7 Å². The number of ether oxygens (including phenoxy) is 1. The van der Waals surface area contributed by atoms with Crippen molar-refractivity contribution in [3.63, 3.8) is 0 Å². The first kappa shape index (κ1) is 31.6. The fraction of sp³-hybridized carbons (Fsp3) is 0.469. The number of aromatic nitrogens is 1. The molecule has 0 spiro atoms. The van der Waals surface area contributed by atoms with Crippen LogP contribution in [-0.2, 0) is 19.6 Å². The molecule has 3 atom stereocenters. The summed E-state index contributed by atoms with van der Waals surface area (Å²) >= 11 is 1.02. The van der Waals surface area contributed by atoms with Crippen molar-refractivity contribution in [3.8, 4) is 10.4 Å². The first-order chi connectivity index (χ1) is 21.5. The fourth-order valence-corrected chi connectivity index (χ4v) is 9.18. The summed E-state index contributed by atoms with van der Waals surface area (Å²) < 4.78 is 48.5. The number of pyridine rings is 1. The number of hydrogen-bond donors (Lipinski definition) is 1. The number of piperazine rings is 1. The average molecular weight is 657 g/mol. The number of anilines is 2. The number of sulfonamides is 1. The van der Waals surface area contributed by atoms with Gasteiger partial charge in [-0.2, -0.15) is 4.31 Å². The maximum absolute atomic E-state index is 14.0. The molecule has 3 fully saturated rings. The molecule has 3 aliphatic rings.